The van der Waals surface area contributed by atoms with Gasteiger partial charge in [-0.25, -0.2) is 0 Å². The average molecular weight is 901 g/mol. The van der Waals surface area contributed by atoms with Gasteiger partial charge in [0.25, 0.3) is 0 Å². The van der Waals surface area contributed by atoms with Gasteiger partial charge in [0.2, 0.25) is 0 Å². The van der Waals surface area contributed by atoms with E-state index >= 15 is 0 Å². The summed E-state index contributed by atoms with van der Waals surface area (Å²) in [5.74, 6) is 0. The van der Waals surface area contributed by atoms with E-state index in [2.05, 4.69) is 243 Å². The van der Waals surface area contributed by atoms with Crippen LogP contribution in [0.15, 0.2) is 164 Å². The molecule has 12 rings (SSSR count). The van der Waals surface area contributed by atoms with Crippen molar-refractivity contribution in [1.82, 2.24) is 0 Å². The Balaban J connectivity index is 1.27. The standard InChI is InChI=1S/C64H61BN2S/c1-61(2,3)43-25-28-45(29-26-43)67-55-39-52-51(63(7,8)33-34-64(52,9)10)38-49(55)50-35-42(40-19-13-11-14-20-40)36-56-58(50)65(67)53-31-30-47-46-23-17-18-24-57(46)68-60(47)59(53)66(56)54-32-27-44(62(4,5)6)37-48(54)41-21-15-12-16-22-41/h11-32,35-39H,33-34H2,1-10H3. The van der Waals surface area contributed by atoms with Crippen LogP contribution in [0.25, 0.3) is 53.6 Å². The van der Waals surface area contributed by atoms with E-state index in [4.69, 9.17) is 0 Å². The number of hydrogen-bond donors (Lipinski definition) is 0. The van der Waals surface area contributed by atoms with Gasteiger partial charge in [-0.15, -0.1) is 11.3 Å². The first-order valence-corrected chi connectivity index (χ1v) is 25.6. The smallest absolute Gasteiger partial charge is 0.333 e. The van der Waals surface area contributed by atoms with Crippen molar-refractivity contribution in [3.63, 3.8) is 0 Å². The molecule has 4 heteroatoms. The van der Waals surface area contributed by atoms with Gasteiger partial charge in [0, 0.05) is 43.7 Å². The molecule has 2 aliphatic heterocycles. The number of anilines is 5. The quantitative estimate of drug-likeness (QED) is 0.162. The van der Waals surface area contributed by atoms with Gasteiger partial charge in [-0.05, 0) is 145 Å². The van der Waals surface area contributed by atoms with Gasteiger partial charge in [-0.2, -0.15) is 0 Å². The highest BCUT2D eigenvalue weighted by molar-refractivity contribution is 7.26. The Kier molecular flexibility index (Phi) is 9.52. The minimum absolute atomic E-state index is 0.0321. The maximum absolute atomic E-state index is 2.74. The second-order valence-corrected chi connectivity index (χ2v) is 24.3. The van der Waals surface area contributed by atoms with Crippen molar-refractivity contribution >= 4 is 77.7 Å². The molecule has 0 atom stereocenters. The summed E-state index contributed by atoms with van der Waals surface area (Å²) < 4.78 is 2.63. The zero-order chi connectivity index (χ0) is 47.1. The Hall–Kier alpha value is -6.36. The molecule has 0 saturated carbocycles. The Bertz CT molecular complexity index is 3470. The van der Waals surface area contributed by atoms with Crippen molar-refractivity contribution in [2.45, 2.75) is 104 Å². The summed E-state index contributed by atoms with van der Waals surface area (Å²) >= 11 is 1.94. The van der Waals surface area contributed by atoms with Gasteiger partial charge in [0.05, 0.1) is 16.1 Å². The summed E-state index contributed by atoms with van der Waals surface area (Å²) in [5.41, 5.74) is 22.2. The molecule has 2 nitrogen and oxygen atoms in total. The summed E-state index contributed by atoms with van der Waals surface area (Å²) in [4.78, 5) is 5.44. The van der Waals surface area contributed by atoms with E-state index in [1.165, 1.54) is 115 Å². The van der Waals surface area contributed by atoms with Crippen LogP contribution in [0.4, 0.5) is 28.4 Å². The topological polar surface area (TPSA) is 6.48 Å². The third-order valence-electron chi connectivity index (χ3n) is 15.8. The largest absolute Gasteiger partial charge is 0.376 e. The molecule has 8 aromatic carbocycles. The Morgan fingerprint density at radius 1 is 0.485 bits per heavy atom. The molecule has 1 aromatic heterocycles. The van der Waals surface area contributed by atoms with E-state index < -0.39 is 0 Å². The van der Waals surface area contributed by atoms with E-state index in [0.717, 1.165) is 12.8 Å². The third kappa shape index (κ3) is 6.65. The SMILES string of the molecule is CC(C)(C)c1ccc(N2B3c4ccc5c(sc6ccccc65)c4N(c4ccc(C(C)(C)C)cc4-c4ccccc4)c4cc(-c5ccccc5)cc(c43)-c3cc4c(cc32)C(C)(C)CCC4(C)C)cc1. The molecule has 336 valence electrons. The van der Waals surface area contributed by atoms with Crippen LogP contribution >= 0.6 is 11.3 Å². The van der Waals surface area contributed by atoms with E-state index in [1.54, 1.807) is 0 Å². The summed E-state index contributed by atoms with van der Waals surface area (Å²) in [5, 5.41) is 2.62. The van der Waals surface area contributed by atoms with Crippen LogP contribution in [0.3, 0.4) is 0 Å². The lowest BCUT2D eigenvalue weighted by atomic mass is 9.43. The minimum Gasteiger partial charge on any atom is -0.376 e. The highest BCUT2D eigenvalue weighted by Crippen LogP contribution is 2.56. The monoisotopic (exact) mass is 900 g/mol. The van der Waals surface area contributed by atoms with Crippen molar-refractivity contribution < 1.29 is 0 Å². The normalized spacial score (nSPS) is 15.8. The fourth-order valence-electron chi connectivity index (χ4n) is 11.8. The first kappa shape index (κ1) is 43.0. The van der Waals surface area contributed by atoms with Gasteiger partial charge in [0.1, 0.15) is 0 Å². The molecular weight excluding hydrogens is 840 g/mol. The molecule has 0 bridgehead atoms. The second-order valence-electron chi connectivity index (χ2n) is 23.2. The third-order valence-corrected chi connectivity index (χ3v) is 17.0. The molecule has 0 N–H and O–H groups in total. The molecule has 3 aliphatic rings. The van der Waals surface area contributed by atoms with Gasteiger partial charge >= 0.3 is 6.85 Å². The zero-order valence-electron chi connectivity index (χ0n) is 41.4. The Morgan fingerprint density at radius 3 is 1.78 bits per heavy atom. The van der Waals surface area contributed by atoms with E-state index in [1.807, 2.05) is 11.3 Å². The molecular formula is C64H61BN2S. The lowest BCUT2D eigenvalue weighted by molar-refractivity contribution is 0.332. The van der Waals surface area contributed by atoms with E-state index in [0.29, 0.717) is 0 Å². The predicted octanol–water partition coefficient (Wildman–Crippen LogP) is 17.0. The number of nitrogens with zero attached hydrogens (tertiary/aromatic N) is 2. The van der Waals surface area contributed by atoms with Crippen LogP contribution in [0, 0.1) is 0 Å². The van der Waals surface area contributed by atoms with Crippen LogP contribution in [0.2, 0.25) is 0 Å². The van der Waals surface area contributed by atoms with Crippen LogP contribution in [0.5, 0.6) is 0 Å². The van der Waals surface area contributed by atoms with Gasteiger partial charge in [0.15, 0.2) is 0 Å². The highest BCUT2D eigenvalue weighted by atomic mass is 32.1. The first-order chi connectivity index (χ1) is 32.5. The number of thiophene rings is 1. The van der Waals surface area contributed by atoms with Gasteiger partial charge in [-0.3, -0.25) is 0 Å². The van der Waals surface area contributed by atoms with Crippen LogP contribution < -0.4 is 20.6 Å². The van der Waals surface area contributed by atoms with E-state index in [-0.39, 0.29) is 28.5 Å². The molecule has 68 heavy (non-hydrogen) atoms. The summed E-state index contributed by atoms with van der Waals surface area (Å²) in [7, 11) is 0. The molecule has 0 spiro atoms. The summed E-state index contributed by atoms with van der Waals surface area (Å²) in [6.45, 7) is 23.7. The maximum atomic E-state index is 2.74. The maximum Gasteiger partial charge on any atom is 0.333 e. The molecule has 0 unspecified atom stereocenters. The molecule has 3 heterocycles. The fraction of sp³-hybridized carbons (Fsp3) is 0.250. The molecule has 0 saturated heterocycles. The molecule has 0 radical (unpaired) electrons. The fourth-order valence-corrected chi connectivity index (χ4v) is 13.0. The first-order valence-electron chi connectivity index (χ1n) is 24.7. The zero-order valence-corrected chi connectivity index (χ0v) is 42.2. The molecule has 0 amide bonds. The summed E-state index contributed by atoms with van der Waals surface area (Å²) in [6, 6.07) is 63.3. The second kappa shape index (κ2) is 15.1. The summed E-state index contributed by atoms with van der Waals surface area (Å²) in [6.07, 6.45) is 2.32. The van der Waals surface area contributed by atoms with E-state index in [9.17, 15) is 0 Å². The Labute approximate surface area is 408 Å². The van der Waals surface area contributed by atoms with Crippen molar-refractivity contribution in [1.29, 1.82) is 0 Å². The number of fused-ring (bicyclic) bond motifs is 9. The van der Waals surface area contributed by atoms with Crippen molar-refractivity contribution in [2.24, 2.45) is 0 Å². The van der Waals surface area contributed by atoms with Crippen LogP contribution in [0.1, 0.15) is 104 Å². The highest BCUT2D eigenvalue weighted by Gasteiger charge is 2.48. The van der Waals surface area contributed by atoms with Crippen molar-refractivity contribution in [3.05, 3.63) is 186 Å². The average Bonchev–Trinajstić information content (AvgIpc) is 3.72. The van der Waals surface area contributed by atoms with Crippen LogP contribution in [-0.2, 0) is 21.7 Å². The van der Waals surface area contributed by atoms with Crippen molar-refractivity contribution in [2.75, 3.05) is 9.71 Å². The lowest BCUT2D eigenvalue weighted by Gasteiger charge is -2.48. The molecule has 9 aromatic rings. The Morgan fingerprint density at radius 2 is 1.10 bits per heavy atom. The van der Waals surface area contributed by atoms with Crippen LogP contribution in [-0.4, -0.2) is 6.85 Å². The molecule has 0 fully saturated rings. The minimum atomic E-state index is -0.106. The number of benzene rings is 8. The molecule has 1 aliphatic carbocycles. The number of hydrogen-bond acceptors (Lipinski definition) is 3. The van der Waals surface area contributed by atoms with Gasteiger partial charge < -0.3 is 9.71 Å². The van der Waals surface area contributed by atoms with Gasteiger partial charge in [-0.1, -0.05) is 178 Å². The van der Waals surface area contributed by atoms with Crippen molar-refractivity contribution in [3.8, 4) is 33.4 Å². The lowest BCUT2D eigenvalue weighted by Crippen LogP contribution is -2.61. The predicted molar refractivity (Wildman–Crippen MR) is 297 cm³/mol. The number of rotatable bonds is 4.